The SMILES string of the molecule is CC1(C)O[C@@H]2O[C@H](CO[Si](c3ccccc3)(c3ccccc3)C(C)(C)C)[C@]3(OCc4c(O)cccc43)[C@@H]2O1. The van der Waals surface area contributed by atoms with Gasteiger partial charge < -0.3 is 28.5 Å². The van der Waals surface area contributed by atoms with Gasteiger partial charge in [-0.05, 0) is 40.9 Å². The van der Waals surface area contributed by atoms with Crippen LogP contribution in [0.1, 0.15) is 45.7 Å². The maximum atomic E-state index is 10.7. The van der Waals surface area contributed by atoms with E-state index in [2.05, 4.69) is 69.3 Å². The molecule has 3 aromatic carbocycles. The van der Waals surface area contributed by atoms with E-state index < -0.39 is 38.2 Å². The largest absolute Gasteiger partial charge is 0.508 e. The lowest BCUT2D eigenvalue weighted by molar-refractivity contribution is -0.241. The molecule has 1 N–H and O–H groups in total. The Balaban J connectivity index is 1.44. The molecule has 0 saturated carbocycles. The summed E-state index contributed by atoms with van der Waals surface area (Å²) in [6.45, 7) is 11.1. The molecule has 3 aliphatic heterocycles. The molecule has 0 unspecified atom stereocenters. The van der Waals surface area contributed by atoms with Crippen LogP contribution in [0, 0.1) is 0 Å². The van der Waals surface area contributed by atoms with Gasteiger partial charge in [-0.15, -0.1) is 0 Å². The Labute approximate surface area is 225 Å². The molecule has 3 heterocycles. The van der Waals surface area contributed by atoms with E-state index in [0.717, 1.165) is 11.1 Å². The number of hydrogen-bond donors (Lipinski definition) is 1. The molecule has 3 aromatic rings. The summed E-state index contributed by atoms with van der Waals surface area (Å²) in [5.74, 6) is -0.595. The van der Waals surface area contributed by atoms with Crippen LogP contribution in [0.3, 0.4) is 0 Å². The second kappa shape index (κ2) is 9.01. The lowest BCUT2D eigenvalue weighted by Crippen LogP contribution is -2.67. The van der Waals surface area contributed by atoms with Crippen LogP contribution in [0.25, 0.3) is 0 Å². The Hall–Kier alpha value is -2.52. The molecule has 1 spiro atoms. The highest BCUT2D eigenvalue weighted by molar-refractivity contribution is 6.99. The summed E-state index contributed by atoms with van der Waals surface area (Å²) in [5, 5.41) is 12.9. The molecule has 0 amide bonds. The van der Waals surface area contributed by atoms with E-state index in [1.54, 1.807) is 6.07 Å². The van der Waals surface area contributed by atoms with Crippen LogP contribution in [-0.4, -0.2) is 44.3 Å². The molecule has 6 rings (SSSR count). The van der Waals surface area contributed by atoms with E-state index in [1.165, 1.54) is 10.4 Å². The first-order valence-electron chi connectivity index (χ1n) is 13.3. The quantitative estimate of drug-likeness (QED) is 0.486. The number of aromatic hydroxyl groups is 1. The normalized spacial score (nSPS) is 28.0. The first-order valence-corrected chi connectivity index (χ1v) is 15.2. The molecule has 0 bridgehead atoms. The van der Waals surface area contributed by atoms with E-state index in [4.69, 9.17) is 23.4 Å². The van der Waals surface area contributed by atoms with Crippen molar-refractivity contribution in [3.63, 3.8) is 0 Å². The van der Waals surface area contributed by atoms with E-state index >= 15 is 0 Å². The topological polar surface area (TPSA) is 66.4 Å². The number of fused-ring (bicyclic) bond motifs is 4. The summed E-state index contributed by atoms with van der Waals surface area (Å²) >= 11 is 0. The fourth-order valence-corrected chi connectivity index (χ4v) is 11.1. The molecule has 38 heavy (non-hydrogen) atoms. The van der Waals surface area contributed by atoms with Gasteiger partial charge in [0.25, 0.3) is 8.32 Å². The predicted octanol–water partition coefficient (Wildman–Crippen LogP) is 4.57. The average Bonchev–Trinajstić information content (AvgIpc) is 3.51. The third-order valence-electron chi connectivity index (χ3n) is 8.15. The summed E-state index contributed by atoms with van der Waals surface area (Å²) in [4.78, 5) is 0. The number of ether oxygens (including phenoxy) is 4. The fraction of sp³-hybridized carbons (Fsp3) is 0.419. The zero-order chi connectivity index (χ0) is 26.8. The van der Waals surface area contributed by atoms with E-state index in [1.807, 2.05) is 38.1 Å². The number of hydrogen-bond acceptors (Lipinski definition) is 6. The van der Waals surface area contributed by atoms with Gasteiger partial charge in [0.05, 0.1) is 13.2 Å². The number of benzene rings is 3. The molecule has 2 fully saturated rings. The van der Waals surface area contributed by atoms with Crippen LogP contribution < -0.4 is 10.4 Å². The Morgan fingerprint density at radius 2 is 1.53 bits per heavy atom. The van der Waals surface area contributed by atoms with E-state index in [-0.39, 0.29) is 24.0 Å². The molecule has 6 nitrogen and oxygen atoms in total. The maximum absolute atomic E-state index is 10.7. The molecule has 3 aliphatic rings. The lowest BCUT2D eigenvalue weighted by atomic mass is 9.84. The van der Waals surface area contributed by atoms with Gasteiger partial charge in [-0.3, -0.25) is 0 Å². The summed E-state index contributed by atoms with van der Waals surface area (Å²) in [5.41, 5.74) is 0.681. The first-order chi connectivity index (χ1) is 18.1. The monoisotopic (exact) mass is 532 g/mol. The van der Waals surface area contributed by atoms with Gasteiger partial charge in [0.1, 0.15) is 18.0 Å². The van der Waals surface area contributed by atoms with Gasteiger partial charge >= 0.3 is 0 Å². The highest BCUT2D eigenvalue weighted by Crippen LogP contribution is 2.55. The van der Waals surface area contributed by atoms with Crippen LogP contribution >= 0.6 is 0 Å². The minimum atomic E-state index is -2.82. The van der Waals surface area contributed by atoms with Crippen molar-refractivity contribution in [3.8, 4) is 5.75 Å². The highest BCUT2D eigenvalue weighted by Gasteiger charge is 2.68. The van der Waals surface area contributed by atoms with Crippen molar-refractivity contribution in [2.24, 2.45) is 0 Å². The molecule has 2 saturated heterocycles. The van der Waals surface area contributed by atoms with Crippen molar-refractivity contribution < 1.29 is 28.5 Å². The predicted molar refractivity (Wildman–Crippen MR) is 147 cm³/mol. The Morgan fingerprint density at radius 1 is 0.895 bits per heavy atom. The molecule has 0 aliphatic carbocycles. The molecular formula is C31H36O6Si. The van der Waals surface area contributed by atoms with Crippen molar-refractivity contribution in [3.05, 3.63) is 90.0 Å². The van der Waals surface area contributed by atoms with Gasteiger partial charge in [0.2, 0.25) is 0 Å². The fourth-order valence-electron chi connectivity index (χ4n) is 6.55. The number of rotatable bonds is 5. The van der Waals surface area contributed by atoms with Crippen LogP contribution in [0.4, 0.5) is 0 Å². The van der Waals surface area contributed by atoms with Gasteiger partial charge in [0.15, 0.2) is 17.7 Å². The van der Waals surface area contributed by atoms with Crippen LogP contribution in [0.2, 0.25) is 5.04 Å². The average molecular weight is 533 g/mol. The smallest absolute Gasteiger partial charge is 0.261 e. The molecule has 0 radical (unpaired) electrons. The third kappa shape index (κ3) is 3.79. The molecule has 7 heteroatoms. The number of phenolic OH excluding ortho intramolecular Hbond substituents is 1. The van der Waals surface area contributed by atoms with Gasteiger partial charge in [-0.25, -0.2) is 0 Å². The van der Waals surface area contributed by atoms with Crippen LogP contribution in [0.15, 0.2) is 78.9 Å². The standard InChI is InChI=1S/C31H36O6Si/c1-29(2,3)38(21-13-8-6-9-14-21,22-15-10-7-11-16-22)34-20-26-31(27-28(35-26)37-30(4,5)36-27)24-17-12-18-25(32)23(24)19-33-31/h6-18,26-28,32H,19-20H2,1-5H3/t26-,27-,28+,31+/m1/s1. The lowest BCUT2D eigenvalue weighted by Gasteiger charge is -2.44. The minimum Gasteiger partial charge on any atom is -0.508 e. The summed E-state index contributed by atoms with van der Waals surface area (Å²) < 4.78 is 33.0. The Morgan fingerprint density at radius 3 is 2.13 bits per heavy atom. The van der Waals surface area contributed by atoms with Gasteiger partial charge in [0, 0.05) is 5.56 Å². The third-order valence-corrected chi connectivity index (χ3v) is 13.2. The highest BCUT2D eigenvalue weighted by atomic mass is 28.4. The van der Waals surface area contributed by atoms with Crippen molar-refractivity contribution in [2.75, 3.05) is 6.61 Å². The molecule has 0 aromatic heterocycles. The van der Waals surface area contributed by atoms with Crippen molar-refractivity contribution in [2.45, 2.75) is 76.1 Å². The van der Waals surface area contributed by atoms with Crippen molar-refractivity contribution >= 4 is 18.7 Å². The zero-order valence-corrected chi connectivity index (χ0v) is 23.6. The summed E-state index contributed by atoms with van der Waals surface area (Å²) in [6.07, 6.45) is -1.60. The Bertz CT molecular complexity index is 1270. The van der Waals surface area contributed by atoms with E-state index in [0.29, 0.717) is 0 Å². The summed E-state index contributed by atoms with van der Waals surface area (Å²) in [7, 11) is -2.82. The van der Waals surface area contributed by atoms with Crippen LogP contribution in [-0.2, 0) is 35.6 Å². The van der Waals surface area contributed by atoms with Crippen LogP contribution in [0.5, 0.6) is 5.75 Å². The Kier molecular flexibility index (Phi) is 6.10. The second-order valence-corrected chi connectivity index (χ2v) is 16.2. The summed E-state index contributed by atoms with van der Waals surface area (Å²) in [6, 6.07) is 26.7. The molecule has 200 valence electrons. The first kappa shape index (κ1) is 25.7. The van der Waals surface area contributed by atoms with Crippen molar-refractivity contribution in [1.82, 2.24) is 0 Å². The molecular weight excluding hydrogens is 496 g/mol. The van der Waals surface area contributed by atoms with E-state index in [9.17, 15) is 5.11 Å². The second-order valence-electron chi connectivity index (χ2n) is 11.9. The number of phenols is 1. The van der Waals surface area contributed by atoms with Gasteiger partial charge in [-0.1, -0.05) is 93.6 Å². The maximum Gasteiger partial charge on any atom is 0.261 e. The minimum absolute atomic E-state index is 0.182. The molecule has 4 atom stereocenters. The van der Waals surface area contributed by atoms with Crippen molar-refractivity contribution in [1.29, 1.82) is 0 Å². The van der Waals surface area contributed by atoms with Gasteiger partial charge in [-0.2, -0.15) is 0 Å². The zero-order valence-electron chi connectivity index (χ0n) is 22.6.